The topological polar surface area (TPSA) is 106 Å². The quantitative estimate of drug-likeness (QED) is 0.560. The first kappa shape index (κ1) is 22.6. The van der Waals surface area contributed by atoms with Crippen LogP contribution in [0.2, 0.25) is 0 Å². The molecule has 0 atom stereocenters. The van der Waals surface area contributed by atoms with Crippen LogP contribution in [0.5, 0.6) is 0 Å². The van der Waals surface area contributed by atoms with Gasteiger partial charge < -0.3 is 10.1 Å². The molecule has 1 saturated heterocycles. The maximum absolute atomic E-state index is 12.7. The van der Waals surface area contributed by atoms with Crippen LogP contribution in [-0.2, 0) is 21.2 Å². The standard InChI is InChI=1S/C21H25N5O4S2/c1-15-13-16(2)26(24-15)21-23-18(14-31-21)7-8-22-20(27)17-3-5-19(6-4-17)32(28,29)25-9-11-30-12-10-25/h3-6,13-14H,7-12H2,1-2H3,(H,22,27). The fourth-order valence-electron chi connectivity index (χ4n) is 3.45. The maximum Gasteiger partial charge on any atom is 0.251 e. The van der Waals surface area contributed by atoms with Crippen molar-refractivity contribution in [2.24, 2.45) is 0 Å². The average molecular weight is 476 g/mol. The van der Waals surface area contributed by atoms with Crippen molar-refractivity contribution < 1.29 is 17.9 Å². The predicted octanol–water partition coefficient (Wildman–Crippen LogP) is 1.94. The van der Waals surface area contributed by atoms with E-state index < -0.39 is 10.0 Å². The highest BCUT2D eigenvalue weighted by Crippen LogP contribution is 2.19. The van der Waals surface area contributed by atoms with Gasteiger partial charge in [-0.2, -0.15) is 9.40 Å². The third kappa shape index (κ3) is 4.90. The molecule has 0 bridgehead atoms. The molecule has 11 heteroatoms. The molecule has 1 aliphatic rings. The minimum absolute atomic E-state index is 0.176. The summed E-state index contributed by atoms with van der Waals surface area (Å²) in [5, 5.41) is 10.1. The number of benzene rings is 1. The number of amides is 1. The molecule has 0 spiro atoms. The zero-order valence-corrected chi connectivity index (χ0v) is 19.6. The van der Waals surface area contributed by atoms with Gasteiger partial charge in [0.25, 0.3) is 5.91 Å². The van der Waals surface area contributed by atoms with Crippen molar-refractivity contribution in [2.75, 3.05) is 32.8 Å². The van der Waals surface area contributed by atoms with Crippen LogP contribution in [0.25, 0.3) is 5.13 Å². The van der Waals surface area contributed by atoms with Gasteiger partial charge in [0.2, 0.25) is 15.2 Å². The van der Waals surface area contributed by atoms with Gasteiger partial charge in [0.05, 0.1) is 29.5 Å². The van der Waals surface area contributed by atoms with E-state index in [9.17, 15) is 13.2 Å². The lowest BCUT2D eigenvalue weighted by molar-refractivity contribution is 0.0730. The van der Waals surface area contributed by atoms with Crippen LogP contribution >= 0.6 is 11.3 Å². The number of nitrogens with one attached hydrogen (secondary N) is 1. The number of hydrogen-bond acceptors (Lipinski definition) is 7. The maximum atomic E-state index is 12.7. The van der Waals surface area contributed by atoms with E-state index in [4.69, 9.17) is 4.74 Å². The van der Waals surface area contributed by atoms with Crippen LogP contribution in [0.4, 0.5) is 0 Å². The second-order valence-corrected chi connectivity index (χ2v) is 10.3. The number of aryl methyl sites for hydroxylation is 2. The fourth-order valence-corrected chi connectivity index (χ4v) is 5.73. The molecule has 1 aromatic carbocycles. The van der Waals surface area contributed by atoms with E-state index in [1.54, 1.807) is 0 Å². The molecule has 1 aliphatic heterocycles. The average Bonchev–Trinajstić information content (AvgIpc) is 3.39. The zero-order chi connectivity index (χ0) is 22.7. The lowest BCUT2D eigenvalue weighted by atomic mass is 10.2. The lowest BCUT2D eigenvalue weighted by Crippen LogP contribution is -2.40. The van der Waals surface area contributed by atoms with Crippen molar-refractivity contribution in [3.8, 4) is 5.13 Å². The van der Waals surface area contributed by atoms with Gasteiger partial charge in [-0.05, 0) is 44.2 Å². The van der Waals surface area contributed by atoms with Crippen LogP contribution in [0, 0.1) is 13.8 Å². The molecule has 3 aromatic rings. The van der Waals surface area contributed by atoms with Crippen molar-refractivity contribution in [2.45, 2.75) is 25.2 Å². The number of sulfonamides is 1. The van der Waals surface area contributed by atoms with Gasteiger partial charge in [0.15, 0.2) is 0 Å². The smallest absolute Gasteiger partial charge is 0.251 e. The van der Waals surface area contributed by atoms with E-state index in [-0.39, 0.29) is 10.8 Å². The molecule has 170 valence electrons. The number of morpholine rings is 1. The van der Waals surface area contributed by atoms with E-state index in [1.165, 1.54) is 39.9 Å². The van der Waals surface area contributed by atoms with E-state index in [0.717, 1.165) is 22.2 Å². The zero-order valence-electron chi connectivity index (χ0n) is 17.9. The Kier molecular flexibility index (Phi) is 6.70. The largest absolute Gasteiger partial charge is 0.379 e. The molecule has 3 heterocycles. The molecule has 1 amide bonds. The summed E-state index contributed by atoms with van der Waals surface area (Å²) in [5.74, 6) is -0.255. The van der Waals surface area contributed by atoms with Gasteiger partial charge in [0.1, 0.15) is 0 Å². The van der Waals surface area contributed by atoms with E-state index in [2.05, 4.69) is 15.4 Å². The van der Waals surface area contributed by atoms with Gasteiger partial charge in [-0.1, -0.05) is 0 Å². The first-order chi connectivity index (χ1) is 15.3. The highest BCUT2D eigenvalue weighted by atomic mass is 32.2. The van der Waals surface area contributed by atoms with Crippen LogP contribution < -0.4 is 5.32 Å². The molecule has 0 radical (unpaired) electrons. The van der Waals surface area contributed by atoms with E-state index in [1.807, 2.05) is 30.0 Å². The summed E-state index contributed by atoms with van der Waals surface area (Å²) in [4.78, 5) is 17.2. The van der Waals surface area contributed by atoms with Gasteiger partial charge >= 0.3 is 0 Å². The number of carbonyl (C=O) groups is 1. The van der Waals surface area contributed by atoms with Crippen molar-refractivity contribution in [1.29, 1.82) is 0 Å². The Balaban J connectivity index is 1.32. The first-order valence-electron chi connectivity index (χ1n) is 10.3. The van der Waals surface area contributed by atoms with Crippen molar-refractivity contribution >= 4 is 27.3 Å². The molecule has 9 nitrogen and oxygen atoms in total. The van der Waals surface area contributed by atoms with Crippen molar-refractivity contribution in [1.82, 2.24) is 24.4 Å². The minimum Gasteiger partial charge on any atom is -0.379 e. The Hall–Kier alpha value is -2.60. The van der Waals surface area contributed by atoms with Gasteiger partial charge in [-0.15, -0.1) is 11.3 Å². The normalized spacial score (nSPS) is 15.1. The molecular weight excluding hydrogens is 450 g/mol. The molecule has 1 fully saturated rings. The third-order valence-corrected chi connectivity index (χ3v) is 7.90. The van der Waals surface area contributed by atoms with E-state index >= 15 is 0 Å². The summed E-state index contributed by atoms with van der Waals surface area (Å²) >= 11 is 1.51. The van der Waals surface area contributed by atoms with Gasteiger partial charge in [-0.3, -0.25) is 4.79 Å². The summed E-state index contributed by atoms with van der Waals surface area (Å²) in [6, 6.07) is 8.01. The fraction of sp³-hybridized carbons (Fsp3) is 0.381. The summed E-state index contributed by atoms with van der Waals surface area (Å²) < 4.78 is 33.8. The Labute approximate surface area is 191 Å². The first-order valence-corrected chi connectivity index (χ1v) is 12.6. The number of thiazole rings is 1. The molecule has 1 N–H and O–H groups in total. The molecule has 2 aromatic heterocycles. The molecular formula is C21H25N5O4S2. The predicted molar refractivity (Wildman–Crippen MR) is 121 cm³/mol. The minimum atomic E-state index is -3.57. The SMILES string of the molecule is Cc1cc(C)n(-c2nc(CCNC(=O)c3ccc(S(=O)(=O)N4CCOCC4)cc3)cs2)n1. The number of ether oxygens (including phenoxy) is 1. The number of nitrogens with zero attached hydrogens (tertiary/aromatic N) is 4. The van der Waals surface area contributed by atoms with Gasteiger partial charge in [0, 0.05) is 42.7 Å². The lowest BCUT2D eigenvalue weighted by Gasteiger charge is -2.26. The Morgan fingerprint density at radius 2 is 1.91 bits per heavy atom. The molecule has 0 aliphatic carbocycles. The van der Waals surface area contributed by atoms with Crippen LogP contribution in [-0.4, -0.2) is 66.2 Å². The van der Waals surface area contributed by atoms with Crippen LogP contribution in [0.3, 0.4) is 0 Å². The van der Waals surface area contributed by atoms with E-state index in [0.29, 0.717) is 44.8 Å². The molecule has 0 unspecified atom stereocenters. The number of rotatable bonds is 7. The molecule has 0 saturated carbocycles. The summed E-state index contributed by atoms with van der Waals surface area (Å²) in [6.45, 7) is 5.80. The van der Waals surface area contributed by atoms with Crippen molar-refractivity contribution in [3.63, 3.8) is 0 Å². The highest BCUT2D eigenvalue weighted by molar-refractivity contribution is 7.89. The van der Waals surface area contributed by atoms with Crippen LogP contribution in [0.1, 0.15) is 27.4 Å². The Bertz CT molecular complexity index is 1200. The summed E-state index contributed by atoms with van der Waals surface area (Å²) in [7, 11) is -3.57. The van der Waals surface area contributed by atoms with Crippen molar-refractivity contribution in [3.05, 3.63) is 58.4 Å². The Morgan fingerprint density at radius 3 is 2.56 bits per heavy atom. The number of hydrogen-bond donors (Lipinski definition) is 1. The highest BCUT2D eigenvalue weighted by Gasteiger charge is 2.26. The number of carbonyl (C=O) groups excluding carboxylic acids is 1. The second kappa shape index (κ2) is 9.49. The Morgan fingerprint density at radius 1 is 1.19 bits per heavy atom. The second-order valence-electron chi connectivity index (χ2n) is 7.51. The van der Waals surface area contributed by atoms with Crippen LogP contribution in [0.15, 0.2) is 40.6 Å². The molecule has 4 rings (SSSR count). The summed E-state index contributed by atoms with van der Waals surface area (Å²) in [5.41, 5.74) is 3.25. The number of aromatic nitrogens is 3. The summed E-state index contributed by atoms with van der Waals surface area (Å²) in [6.07, 6.45) is 0.588. The van der Waals surface area contributed by atoms with Gasteiger partial charge in [-0.25, -0.2) is 18.1 Å². The molecule has 32 heavy (non-hydrogen) atoms. The monoisotopic (exact) mass is 475 g/mol. The third-order valence-electron chi connectivity index (χ3n) is 5.12.